The lowest BCUT2D eigenvalue weighted by Crippen LogP contribution is -2.19. The number of pyridine rings is 2. The van der Waals surface area contributed by atoms with E-state index in [1.807, 2.05) is 48.5 Å². The highest BCUT2D eigenvalue weighted by Crippen LogP contribution is 2.33. The van der Waals surface area contributed by atoms with Crippen LogP contribution >= 0.6 is 0 Å². The van der Waals surface area contributed by atoms with Crippen LogP contribution < -0.4 is 5.56 Å². The van der Waals surface area contributed by atoms with Gasteiger partial charge in [-0.3, -0.25) is 4.79 Å². The molecule has 0 fully saturated rings. The zero-order valence-electron chi connectivity index (χ0n) is 12.9. The van der Waals surface area contributed by atoms with Crippen molar-refractivity contribution in [3.63, 3.8) is 0 Å². The van der Waals surface area contributed by atoms with Crippen LogP contribution in [0.15, 0.2) is 59.4 Å². The Morgan fingerprint density at radius 2 is 1.92 bits per heavy atom. The van der Waals surface area contributed by atoms with Gasteiger partial charge in [-0.1, -0.05) is 30.3 Å². The number of benzene rings is 2. The van der Waals surface area contributed by atoms with Crippen LogP contribution in [0.4, 0.5) is 0 Å². The molecule has 5 rings (SSSR count). The highest BCUT2D eigenvalue weighted by atomic mass is 16.3. The number of aromatic nitrogens is 2. The van der Waals surface area contributed by atoms with Gasteiger partial charge in [-0.25, -0.2) is 4.98 Å². The summed E-state index contributed by atoms with van der Waals surface area (Å²) in [4.78, 5) is 17.7. The van der Waals surface area contributed by atoms with E-state index >= 15 is 0 Å². The number of rotatable bonds is 1. The maximum atomic E-state index is 12.9. The van der Waals surface area contributed by atoms with Gasteiger partial charge in [0, 0.05) is 16.3 Å². The van der Waals surface area contributed by atoms with Crippen LogP contribution in [0, 0.1) is 0 Å². The number of aliphatic hydroxyl groups is 1. The molecule has 1 aliphatic heterocycles. The lowest BCUT2D eigenvalue weighted by Gasteiger charge is -2.08. The normalized spacial score (nSPS) is 12.5. The molecule has 0 amide bonds. The summed E-state index contributed by atoms with van der Waals surface area (Å²) in [6.45, 7) is 0.457. The van der Waals surface area contributed by atoms with Gasteiger partial charge in [0.05, 0.1) is 30.1 Å². The zero-order valence-corrected chi connectivity index (χ0v) is 12.9. The minimum atomic E-state index is -0.0851. The number of aliphatic hydroxyl groups excluding tert-OH is 1. The molecule has 4 heteroatoms. The van der Waals surface area contributed by atoms with Crippen molar-refractivity contribution in [1.29, 1.82) is 0 Å². The SMILES string of the molecule is O=c1c2cccc(CO)c2cc2n1Cc1cc3ccccc3nc1-2. The average molecular weight is 314 g/mol. The van der Waals surface area contributed by atoms with Gasteiger partial charge in [-0.05, 0) is 35.2 Å². The molecule has 3 heterocycles. The third-order valence-electron chi connectivity index (χ3n) is 4.79. The second-order valence-corrected chi connectivity index (χ2v) is 6.15. The molecule has 0 saturated heterocycles. The summed E-state index contributed by atoms with van der Waals surface area (Å²) in [5, 5.41) is 12.1. The second kappa shape index (κ2) is 4.76. The third kappa shape index (κ3) is 1.71. The van der Waals surface area contributed by atoms with Gasteiger partial charge in [0.25, 0.3) is 5.56 Å². The first-order valence-electron chi connectivity index (χ1n) is 7.91. The first-order valence-corrected chi connectivity index (χ1v) is 7.91. The van der Waals surface area contributed by atoms with E-state index in [1.165, 1.54) is 0 Å². The van der Waals surface area contributed by atoms with E-state index in [4.69, 9.17) is 4.98 Å². The molecule has 4 aromatic rings. The van der Waals surface area contributed by atoms with Gasteiger partial charge in [-0.2, -0.15) is 0 Å². The van der Waals surface area contributed by atoms with Crippen LogP contribution in [0.1, 0.15) is 11.1 Å². The van der Waals surface area contributed by atoms with Gasteiger partial charge >= 0.3 is 0 Å². The second-order valence-electron chi connectivity index (χ2n) is 6.15. The van der Waals surface area contributed by atoms with E-state index in [0.29, 0.717) is 11.9 Å². The van der Waals surface area contributed by atoms with Crippen LogP contribution in [0.3, 0.4) is 0 Å². The van der Waals surface area contributed by atoms with Gasteiger partial charge in [0.2, 0.25) is 0 Å². The third-order valence-corrected chi connectivity index (χ3v) is 4.79. The molecule has 0 bridgehead atoms. The predicted octanol–water partition coefficient (Wildman–Crippen LogP) is 3.07. The molecule has 24 heavy (non-hydrogen) atoms. The van der Waals surface area contributed by atoms with E-state index in [1.54, 1.807) is 4.57 Å². The van der Waals surface area contributed by atoms with Crippen LogP contribution in [-0.2, 0) is 13.2 Å². The molecule has 4 nitrogen and oxygen atoms in total. The Kier molecular flexibility index (Phi) is 2.67. The lowest BCUT2D eigenvalue weighted by atomic mass is 10.0. The minimum Gasteiger partial charge on any atom is -0.392 e. The summed E-state index contributed by atoms with van der Waals surface area (Å²) in [6.07, 6.45) is 0. The minimum absolute atomic E-state index is 0.0279. The fraction of sp³-hybridized carbons (Fsp3) is 0.100. The molecule has 2 aromatic heterocycles. The molecule has 0 radical (unpaired) electrons. The predicted molar refractivity (Wildman–Crippen MR) is 94.0 cm³/mol. The highest BCUT2D eigenvalue weighted by molar-refractivity contribution is 5.90. The molecule has 0 unspecified atom stereocenters. The Labute approximate surface area is 137 Å². The Morgan fingerprint density at radius 3 is 2.79 bits per heavy atom. The maximum Gasteiger partial charge on any atom is 0.259 e. The first kappa shape index (κ1) is 13.5. The number of para-hydroxylation sites is 1. The van der Waals surface area contributed by atoms with Gasteiger partial charge < -0.3 is 9.67 Å². The Balaban J connectivity index is 1.88. The fourth-order valence-corrected chi connectivity index (χ4v) is 3.60. The van der Waals surface area contributed by atoms with Crippen molar-refractivity contribution in [1.82, 2.24) is 9.55 Å². The smallest absolute Gasteiger partial charge is 0.259 e. The molecule has 0 aliphatic carbocycles. The molecule has 1 aliphatic rings. The van der Waals surface area contributed by atoms with Crippen LogP contribution in [0.2, 0.25) is 0 Å². The van der Waals surface area contributed by atoms with Crippen molar-refractivity contribution in [2.45, 2.75) is 13.2 Å². The van der Waals surface area contributed by atoms with Crippen molar-refractivity contribution in [3.8, 4) is 11.4 Å². The monoisotopic (exact) mass is 314 g/mol. The molecule has 0 atom stereocenters. The van der Waals surface area contributed by atoms with E-state index in [-0.39, 0.29) is 12.2 Å². The number of hydrogen-bond donors (Lipinski definition) is 1. The molecular formula is C20H14N2O2. The Bertz CT molecular complexity index is 1190. The van der Waals surface area contributed by atoms with Crippen molar-refractivity contribution in [3.05, 3.63) is 76.1 Å². The Hall–Kier alpha value is -2.98. The first-order chi connectivity index (χ1) is 11.8. The van der Waals surface area contributed by atoms with Crippen molar-refractivity contribution >= 4 is 21.7 Å². The summed E-state index contributed by atoms with van der Waals surface area (Å²) in [5.41, 5.74) is 4.41. The quantitative estimate of drug-likeness (QED) is 0.517. The van der Waals surface area contributed by atoms with Gasteiger partial charge in [0.1, 0.15) is 0 Å². The van der Waals surface area contributed by atoms with E-state index < -0.39 is 0 Å². The van der Waals surface area contributed by atoms with Crippen LogP contribution in [0.25, 0.3) is 33.1 Å². The van der Waals surface area contributed by atoms with Crippen LogP contribution in [-0.4, -0.2) is 14.7 Å². The molecular weight excluding hydrogens is 300 g/mol. The van der Waals surface area contributed by atoms with Crippen molar-refractivity contribution < 1.29 is 5.11 Å². The summed E-state index contributed by atoms with van der Waals surface area (Å²) in [6, 6.07) is 17.6. The fourth-order valence-electron chi connectivity index (χ4n) is 3.60. The highest BCUT2D eigenvalue weighted by Gasteiger charge is 2.23. The van der Waals surface area contributed by atoms with E-state index in [9.17, 15) is 9.90 Å². The van der Waals surface area contributed by atoms with E-state index in [0.717, 1.165) is 38.8 Å². The largest absolute Gasteiger partial charge is 0.392 e. The molecule has 116 valence electrons. The number of nitrogens with zero attached hydrogens (tertiary/aromatic N) is 2. The molecule has 0 saturated carbocycles. The summed E-state index contributed by atoms with van der Waals surface area (Å²) < 4.78 is 1.78. The summed E-state index contributed by atoms with van der Waals surface area (Å²) in [7, 11) is 0. The maximum absolute atomic E-state index is 12.9. The Morgan fingerprint density at radius 1 is 1.04 bits per heavy atom. The summed E-state index contributed by atoms with van der Waals surface area (Å²) >= 11 is 0. The van der Waals surface area contributed by atoms with Crippen molar-refractivity contribution in [2.75, 3.05) is 0 Å². The average Bonchev–Trinajstić information content (AvgIpc) is 2.97. The molecule has 0 spiro atoms. The topological polar surface area (TPSA) is 55.1 Å². The standard InChI is InChI=1S/C20H14N2O2/c23-11-13-5-3-6-15-16(13)9-18-19-14(10-22(18)20(15)24)8-12-4-1-2-7-17(12)21-19/h1-9,23H,10-11H2. The number of hydrogen-bond acceptors (Lipinski definition) is 3. The summed E-state index contributed by atoms with van der Waals surface area (Å²) in [5.74, 6) is 0. The van der Waals surface area contributed by atoms with E-state index in [2.05, 4.69) is 6.07 Å². The van der Waals surface area contributed by atoms with Gasteiger partial charge in [-0.15, -0.1) is 0 Å². The lowest BCUT2D eigenvalue weighted by molar-refractivity contribution is 0.283. The van der Waals surface area contributed by atoms with Crippen LogP contribution in [0.5, 0.6) is 0 Å². The van der Waals surface area contributed by atoms with Crippen molar-refractivity contribution in [2.24, 2.45) is 0 Å². The zero-order chi connectivity index (χ0) is 16.3. The van der Waals surface area contributed by atoms with Gasteiger partial charge in [0.15, 0.2) is 0 Å². The molecule has 1 N–H and O–H groups in total. The number of fused-ring (bicyclic) bond motifs is 5. The molecule has 2 aromatic carbocycles.